The number of aliphatic imine (C=N–C) groups is 1. The zero-order valence-electron chi connectivity index (χ0n) is 26.7. The standard InChI is InChI=1S/C26H29N3O4S2.C6H14N4O2/c1-15(2)29(25(31)18-6-4-16(3)5-7-18)21-12-22(35-23(21)26(32)33)17-8-10-19(11-9-17)28-24(30)20-13-34-14-27-20;7-4(5(11)12)2-1-3-10-6(8)9/h8-16,18H,4-7H2,1-3H3,(H,28,30)(H,32,33);4H,1-3,7H2,(H,11,12)(H4,8,9,10). The van der Waals surface area contributed by atoms with Crippen molar-refractivity contribution in [1.82, 2.24) is 4.98 Å². The van der Waals surface area contributed by atoms with Gasteiger partial charge in [-0.25, -0.2) is 9.78 Å². The smallest absolute Gasteiger partial charge is 0.348 e. The molecule has 0 radical (unpaired) electrons. The molecule has 3 aromatic rings. The first-order valence-electron chi connectivity index (χ1n) is 15.3. The monoisotopic (exact) mass is 685 g/mol. The highest BCUT2D eigenvalue weighted by Crippen LogP contribution is 2.40. The number of amides is 2. The highest BCUT2D eigenvalue weighted by molar-refractivity contribution is 7.18. The van der Waals surface area contributed by atoms with E-state index in [9.17, 15) is 24.3 Å². The summed E-state index contributed by atoms with van der Waals surface area (Å²) in [7, 11) is 0. The van der Waals surface area contributed by atoms with Crippen molar-refractivity contribution in [1.29, 1.82) is 0 Å². The molecule has 2 heterocycles. The van der Waals surface area contributed by atoms with Crippen molar-refractivity contribution in [2.75, 3.05) is 16.8 Å². The number of aromatic carboxylic acids is 1. The van der Waals surface area contributed by atoms with E-state index < -0.39 is 18.0 Å². The Hall–Kier alpha value is -4.34. The SMILES string of the molecule is CC1CCC(C(=O)N(c2cc(-c3ccc(NC(=O)c4cscn4)cc3)sc2C(=O)O)C(C)C)CC1.NC(N)=NCCCC(N)C(=O)O. The normalized spacial score (nSPS) is 16.4. The number of thiophene rings is 1. The van der Waals surface area contributed by atoms with Gasteiger partial charge in [-0.2, -0.15) is 0 Å². The van der Waals surface area contributed by atoms with Crippen LogP contribution in [0, 0.1) is 11.8 Å². The Morgan fingerprint density at radius 1 is 1.09 bits per heavy atom. The predicted octanol–water partition coefficient (Wildman–Crippen LogP) is 4.84. The van der Waals surface area contributed by atoms with Crippen LogP contribution < -0.4 is 27.4 Å². The quantitative estimate of drug-likeness (QED) is 0.0863. The summed E-state index contributed by atoms with van der Waals surface area (Å²) in [5.41, 5.74) is 19.2. The van der Waals surface area contributed by atoms with E-state index >= 15 is 0 Å². The maximum absolute atomic E-state index is 13.5. The van der Waals surface area contributed by atoms with E-state index in [2.05, 4.69) is 22.2 Å². The molecule has 1 saturated carbocycles. The number of hydrogen-bond donors (Lipinski definition) is 6. The van der Waals surface area contributed by atoms with Crippen molar-refractivity contribution in [3.05, 3.63) is 51.8 Å². The Morgan fingerprint density at radius 3 is 2.28 bits per heavy atom. The number of hydrogen-bond acceptors (Lipinski definition) is 9. The molecule has 0 saturated heterocycles. The van der Waals surface area contributed by atoms with Crippen LogP contribution in [-0.2, 0) is 9.59 Å². The number of guanidine groups is 1. The van der Waals surface area contributed by atoms with Crippen LogP contribution in [-0.4, -0.2) is 63.5 Å². The Morgan fingerprint density at radius 2 is 1.74 bits per heavy atom. The topological polar surface area (TPSA) is 227 Å². The number of aromatic nitrogens is 1. The second kappa shape index (κ2) is 17.5. The predicted molar refractivity (Wildman–Crippen MR) is 186 cm³/mol. The Labute approximate surface area is 281 Å². The van der Waals surface area contributed by atoms with E-state index in [0.717, 1.165) is 47.5 Å². The van der Waals surface area contributed by atoms with Crippen LogP contribution in [0.4, 0.5) is 11.4 Å². The number of anilines is 2. The van der Waals surface area contributed by atoms with E-state index in [-0.39, 0.29) is 34.6 Å². The van der Waals surface area contributed by atoms with Gasteiger partial charge in [0, 0.05) is 34.4 Å². The Balaban J connectivity index is 0.000000426. The lowest BCUT2D eigenvalue weighted by Gasteiger charge is -2.33. The maximum Gasteiger partial charge on any atom is 0.348 e. The minimum atomic E-state index is -1.04. The van der Waals surface area contributed by atoms with Gasteiger partial charge in [0.05, 0.1) is 11.2 Å². The van der Waals surface area contributed by atoms with Crippen molar-refractivity contribution in [3.63, 3.8) is 0 Å². The number of thiazole rings is 1. The number of carbonyl (C=O) groups is 4. The Bertz CT molecular complexity index is 1530. The lowest BCUT2D eigenvalue weighted by molar-refractivity contribution is -0.138. The third-order valence-electron chi connectivity index (χ3n) is 7.66. The first-order chi connectivity index (χ1) is 22.3. The fraction of sp³-hybridized carbons (Fsp3) is 0.438. The number of carboxylic acids is 2. The molecule has 1 unspecified atom stereocenters. The molecule has 0 aliphatic heterocycles. The van der Waals surface area contributed by atoms with Crippen LogP contribution in [0.1, 0.15) is 79.5 Å². The van der Waals surface area contributed by atoms with Crippen molar-refractivity contribution in [2.24, 2.45) is 34.0 Å². The number of carboxylic acid groups (broad SMARTS) is 2. The van der Waals surface area contributed by atoms with E-state index in [1.807, 2.05) is 26.0 Å². The largest absolute Gasteiger partial charge is 0.480 e. The lowest BCUT2D eigenvalue weighted by Crippen LogP contribution is -2.42. The summed E-state index contributed by atoms with van der Waals surface area (Å²) < 4.78 is 0. The minimum Gasteiger partial charge on any atom is -0.480 e. The van der Waals surface area contributed by atoms with Gasteiger partial charge in [0.15, 0.2) is 5.96 Å². The molecule has 2 aromatic heterocycles. The van der Waals surface area contributed by atoms with Crippen LogP contribution >= 0.6 is 22.7 Å². The zero-order valence-corrected chi connectivity index (χ0v) is 28.4. The third kappa shape index (κ3) is 10.9. The highest BCUT2D eigenvalue weighted by atomic mass is 32.1. The van der Waals surface area contributed by atoms with Gasteiger partial charge in [0.2, 0.25) is 5.91 Å². The number of rotatable bonds is 12. The number of aliphatic carboxylic acids is 1. The number of benzene rings is 1. The summed E-state index contributed by atoms with van der Waals surface area (Å²) in [5.74, 6) is -1.74. The molecule has 1 aliphatic rings. The summed E-state index contributed by atoms with van der Waals surface area (Å²) in [5, 5.41) is 22.8. The van der Waals surface area contributed by atoms with Gasteiger partial charge < -0.3 is 37.6 Å². The molecule has 1 aliphatic carbocycles. The summed E-state index contributed by atoms with van der Waals surface area (Å²) in [6, 6.07) is 8.04. The summed E-state index contributed by atoms with van der Waals surface area (Å²) in [6.45, 7) is 6.48. The molecule has 1 atom stereocenters. The van der Waals surface area contributed by atoms with E-state index in [0.29, 0.717) is 42.4 Å². The van der Waals surface area contributed by atoms with Gasteiger partial charge in [-0.15, -0.1) is 22.7 Å². The third-order valence-corrected chi connectivity index (χ3v) is 9.41. The molecule has 1 aromatic carbocycles. The van der Waals surface area contributed by atoms with Crippen molar-refractivity contribution in [3.8, 4) is 10.4 Å². The van der Waals surface area contributed by atoms with Gasteiger partial charge in [0.1, 0.15) is 16.6 Å². The molecule has 47 heavy (non-hydrogen) atoms. The van der Waals surface area contributed by atoms with Crippen LogP contribution in [0.2, 0.25) is 0 Å². The van der Waals surface area contributed by atoms with Crippen molar-refractivity contribution < 1.29 is 29.4 Å². The molecular weight excluding hydrogens is 643 g/mol. The average molecular weight is 686 g/mol. The van der Waals surface area contributed by atoms with Crippen LogP contribution in [0.25, 0.3) is 10.4 Å². The van der Waals surface area contributed by atoms with Gasteiger partial charge in [-0.05, 0) is 82.1 Å². The number of nitrogens with one attached hydrogen (secondary N) is 1. The zero-order chi connectivity index (χ0) is 34.7. The fourth-order valence-corrected chi connectivity index (χ4v) is 6.62. The molecule has 0 spiro atoms. The van der Waals surface area contributed by atoms with Crippen LogP contribution in [0.5, 0.6) is 0 Å². The second-order valence-electron chi connectivity index (χ2n) is 11.7. The first kappa shape index (κ1) is 37.1. The van der Waals surface area contributed by atoms with Crippen molar-refractivity contribution >= 4 is 63.8 Å². The molecule has 2 amide bonds. The van der Waals surface area contributed by atoms with E-state index in [1.165, 1.54) is 11.3 Å². The Kier molecular flexibility index (Phi) is 13.9. The molecular formula is C32H43N7O6S2. The van der Waals surface area contributed by atoms with Gasteiger partial charge in [-0.3, -0.25) is 19.4 Å². The van der Waals surface area contributed by atoms with Crippen molar-refractivity contribution in [2.45, 2.75) is 71.4 Å². The first-order valence-corrected chi connectivity index (χ1v) is 17.1. The summed E-state index contributed by atoms with van der Waals surface area (Å²) in [4.78, 5) is 58.4. The summed E-state index contributed by atoms with van der Waals surface area (Å²) in [6.07, 6.45) is 4.69. The minimum absolute atomic E-state index is 0.0128. The van der Waals surface area contributed by atoms with E-state index in [4.69, 9.17) is 22.3 Å². The van der Waals surface area contributed by atoms with Crippen LogP contribution in [0.15, 0.2) is 46.2 Å². The average Bonchev–Trinajstić information content (AvgIpc) is 3.72. The van der Waals surface area contributed by atoms with Gasteiger partial charge in [-0.1, -0.05) is 19.1 Å². The van der Waals surface area contributed by atoms with Gasteiger partial charge in [0.25, 0.3) is 5.91 Å². The molecule has 4 rings (SSSR count). The number of nitrogens with zero attached hydrogens (tertiary/aromatic N) is 3. The van der Waals surface area contributed by atoms with Crippen LogP contribution in [0.3, 0.4) is 0 Å². The lowest BCUT2D eigenvalue weighted by atomic mass is 9.82. The number of carbonyl (C=O) groups excluding carboxylic acids is 2. The molecule has 15 heteroatoms. The maximum atomic E-state index is 13.5. The number of nitrogens with two attached hydrogens (primary N) is 3. The van der Waals surface area contributed by atoms with E-state index in [1.54, 1.807) is 34.0 Å². The molecule has 9 N–H and O–H groups in total. The summed E-state index contributed by atoms with van der Waals surface area (Å²) >= 11 is 2.51. The molecule has 254 valence electrons. The molecule has 0 bridgehead atoms. The second-order valence-corrected chi connectivity index (χ2v) is 13.5. The highest BCUT2D eigenvalue weighted by Gasteiger charge is 2.33. The molecule has 13 nitrogen and oxygen atoms in total. The molecule has 1 fully saturated rings. The van der Waals surface area contributed by atoms with Gasteiger partial charge >= 0.3 is 11.9 Å². The fourth-order valence-electron chi connectivity index (χ4n) is 5.09.